The molecule has 3 aliphatic rings. The first-order valence-electron chi connectivity index (χ1n) is 13.4. The highest BCUT2D eigenvalue weighted by Crippen LogP contribution is 2.39. The highest BCUT2D eigenvalue weighted by atomic mass is 19.1. The smallest absolute Gasteiger partial charge is 0.437 e. The Morgan fingerprint density at radius 2 is 2.00 bits per heavy atom. The second kappa shape index (κ2) is 11.0. The van der Waals surface area contributed by atoms with Crippen molar-refractivity contribution in [2.45, 2.75) is 52.7 Å². The van der Waals surface area contributed by atoms with Crippen LogP contribution in [0.3, 0.4) is 0 Å². The summed E-state index contributed by atoms with van der Waals surface area (Å²) < 4.78 is 22.2. The van der Waals surface area contributed by atoms with E-state index in [4.69, 9.17) is 4.74 Å². The molecule has 2 N–H and O–H groups in total. The number of hydrogen-bond donors (Lipinski definition) is 2. The van der Waals surface area contributed by atoms with E-state index in [1.54, 1.807) is 52.9 Å². The monoisotopic (exact) mass is 568 g/mol. The Morgan fingerprint density at radius 1 is 1.21 bits per heavy atom. The minimum Gasteiger partial charge on any atom is -0.445 e. The van der Waals surface area contributed by atoms with Gasteiger partial charge >= 0.3 is 6.09 Å². The number of carbonyl (C=O) groups is 2. The van der Waals surface area contributed by atoms with Gasteiger partial charge < -0.3 is 19.9 Å². The first-order chi connectivity index (χ1) is 20.0. The summed E-state index contributed by atoms with van der Waals surface area (Å²) in [7, 11) is 0. The third-order valence-electron chi connectivity index (χ3n) is 6.87. The van der Waals surface area contributed by atoms with E-state index in [0.717, 1.165) is 11.4 Å². The number of anilines is 2. The lowest BCUT2D eigenvalue weighted by molar-refractivity contribution is 0.102. The third kappa shape index (κ3) is 5.54. The van der Waals surface area contributed by atoms with E-state index < -0.39 is 23.2 Å². The van der Waals surface area contributed by atoms with Crippen molar-refractivity contribution in [1.82, 2.24) is 19.5 Å². The maximum Gasteiger partial charge on any atom is 0.437 e. The van der Waals surface area contributed by atoms with E-state index in [0.29, 0.717) is 41.2 Å². The number of amides is 2. The van der Waals surface area contributed by atoms with Gasteiger partial charge in [0.2, 0.25) is 0 Å². The molecule has 0 atom stereocenters. The van der Waals surface area contributed by atoms with Crippen LogP contribution in [0.4, 0.5) is 20.7 Å². The molecule has 5 rings (SSSR count). The average Bonchev–Trinajstić information content (AvgIpc) is 3.44. The molecule has 0 saturated carbocycles. The van der Waals surface area contributed by atoms with Crippen LogP contribution >= 0.6 is 0 Å². The summed E-state index contributed by atoms with van der Waals surface area (Å²) in [5.74, 6) is 0.122. The first-order valence-corrected chi connectivity index (χ1v) is 13.4. The van der Waals surface area contributed by atoms with Crippen LogP contribution in [-0.2, 0) is 16.7 Å². The number of nitrogens with one attached hydrogen (secondary N) is 2. The molecule has 11 nitrogen and oxygen atoms in total. The zero-order valence-corrected chi connectivity index (χ0v) is 23.8. The molecule has 1 aromatic carbocycles. The van der Waals surface area contributed by atoms with Crippen molar-refractivity contribution < 1.29 is 18.7 Å². The molecule has 0 fully saturated rings. The van der Waals surface area contributed by atoms with Crippen LogP contribution in [0.2, 0.25) is 0 Å². The molecule has 3 aliphatic heterocycles. The zero-order valence-electron chi connectivity index (χ0n) is 23.8. The minimum absolute atomic E-state index is 0.0127. The molecular weight excluding hydrogens is 539 g/mol. The predicted molar refractivity (Wildman–Crippen MR) is 153 cm³/mol. The van der Waals surface area contributed by atoms with E-state index in [2.05, 4.69) is 36.6 Å². The lowest BCUT2D eigenvalue weighted by Gasteiger charge is -2.19. The number of ether oxygens (including phenoxy) is 1. The quantitative estimate of drug-likeness (QED) is 0.348. The molecule has 0 bridgehead atoms. The molecule has 2 amide bonds. The Bertz CT molecular complexity index is 1810. The fraction of sp³-hybridized carbons (Fsp3) is 0.300. The van der Waals surface area contributed by atoms with Crippen molar-refractivity contribution in [3.8, 4) is 28.6 Å². The van der Waals surface area contributed by atoms with Gasteiger partial charge in [0.05, 0.1) is 23.3 Å². The van der Waals surface area contributed by atoms with Crippen molar-refractivity contribution in [3.05, 3.63) is 71.0 Å². The summed E-state index contributed by atoms with van der Waals surface area (Å²) in [5, 5.41) is 15.5. The number of aryl methyl sites for hydroxylation is 1. The van der Waals surface area contributed by atoms with Crippen molar-refractivity contribution in [2.75, 3.05) is 17.2 Å². The number of benzene rings is 1. The van der Waals surface area contributed by atoms with E-state index >= 15 is 4.39 Å². The van der Waals surface area contributed by atoms with Crippen LogP contribution in [0.1, 0.15) is 49.3 Å². The van der Waals surface area contributed by atoms with Gasteiger partial charge in [-0.3, -0.25) is 9.78 Å². The number of pyridine rings is 2. The molecule has 1 aromatic heterocycles. The highest BCUT2D eigenvalue weighted by molar-refractivity contribution is 6.03. The number of hydrogen-bond acceptors (Lipinski definition) is 8. The number of fused-ring (bicyclic) bond motifs is 3. The highest BCUT2D eigenvalue weighted by Gasteiger charge is 2.25. The van der Waals surface area contributed by atoms with E-state index in [1.807, 2.05) is 10.6 Å². The van der Waals surface area contributed by atoms with Crippen molar-refractivity contribution in [3.63, 3.8) is 0 Å². The van der Waals surface area contributed by atoms with Gasteiger partial charge in [-0.15, -0.1) is 4.99 Å². The second-order valence-corrected chi connectivity index (χ2v) is 10.7. The fourth-order valence-corrected chi connectivity index (χ4v) is 4.68. The molecule has 0 aliphatic carbocycles. The Kier molecular flexibility index (Phi) is 7.43. The van der Waals surface area contributed by atoms with E-state index in [-0.39, 0.29) is 23.1 Å². The molecule has 0 spiro atoms. The van der Waals surface area contributed by atoms with Crippen LogP contribution in [0.5, 0.6) is 0 Å². The molecule has 0 unspecified atom stereocenters. The number of carbonyl (C=O) groups excluding carboxylic acids is 2. The third-order valence-corrected chi connectivity index (χ3v) is 6.87. The summed E-state index contributed by atoms with van der Waals surface area (Å²) >= 11 is 0. The number of aromatic nitrogens is 4. The van der Waals surface area contributed by atoms with Gasteiger partial charge in [-0.25, -0.2) is 14.2 Å². The van der Waals surface area contributed by atoms with Gasteiger partial charge in [0.1, 0.15) is 23.2 Å². The maximum absolute atomic E-state index is 15.1. The molecule has 12 heteroatoms. The maximum atomic E-state index is 15.1. The fourth-order valence-electron chi connectivity index (χ4n) is 4.68. The van der Waals surface area contributed by atoms with Crippen LogP contribution < -0.4 is 16.3 Å². The van der Waals surface area contributed by atoms with Crippen LogP contribution in [0.15, 0.2) is 47.7 Å². The normalized spacial score (nSPS) is 13.0. The largest absolute Gasteiger partial charge is 0.445 e. The van der Waals surface area contributed by atoms with E-state index in [1.165, 1.54) is 18.3 Å². The Morgan fingerprint density at radius 3 is 2.74 bits per heavy atom. The van der Waals surface area contributed by atoms with E-state index in [9.17, 15) is 14.9 Å². The van der Waals surface area contributed by atoms with Crippen LogP contribution in [0, 0.1) is 24.1 Å². The summed E-state index contributed by atoms with van der Waals surface area (Å²) in [4.78, 5) is 41.8. The van der Waals surface area contributed by atoms with Gasteiger partial charge in [-0.2, -0.15) is 10.2 Å². The molecular formula is C30H29FN8O3. The Balaban J connectivity index is 1.54. The Hall–Kier alpha value is -5.18. The van der Waals surface area contributed by atoms with Gasteiger partial charge in [0, 0.05) is 36.6 Å². The summed E-state index contributed by atoms with van der Waals surface area (Å²) in [6.07, 6.45) is 1.93. The van der Waals surface area contributed by atoms with Crippen LogP contribution in [0.25, 0.3) is 22.5 Å². The minimum atomic E-state index is -0.822. The number of nitrogens with zero attached hydrogens (tertiary/aromatic N) is 6. The number of halogens is 1. The molecule has 214 valence electrons. The SMILES string of the molecule is Cc1cc(F)c(NC(=O)c2cc(C(C)(C)C#N)ccn2)cc1-c1cc2cnc(=NC(=O)OC(C)C)nc-2n2c1NCC2. The summed E-state index contributed by atoms with van der Waals surface area (Å²) in [5.41, 5.74) is 2.63. The molecule has 0 saturated heterocycles. The van der Waals surface area contributed by atoms with Gasteiger partial charge in [0.15, 0.2) is 0 Å². The van der Waals surface area contributed by atoms with Crippen molar-refractivity contribution >= 4 is 23.5 Å². The average molecular weight is 569 g/mol. The van der Waals surface area contributed by atoms with Gasteiger partial charge in [0.25, 0.3) is 11.5 Å². The Labute approximate surface area is 241 Å². The number of nitriles is 1. The van der Waals surface area contributed by atoms with Crippen LogP contribution in [-0.4, -0.2) is 44.2 Å². The molecule has 2 aromatic rings. The summed E-state index contributed by atoms with van der Waals surface area (Å²) in [6.45, 7) is 9.95. The standard InChI is InChI=1S/C30H29FN8O3/c1-16(2)42-29(41)38-28-35-14-18-11-21(26-34-8-9-39(26)25(18)37-28)20-13-23(22(31)10-17(20)3)36-27(40)24-12-19(6-7-33-24)30(4,5)15-32/h6-7,10-14,16,34H,8-9H2,1-5H3,(H,36,40). The van der Waals surface area contributed by atoms with Gasteiger partial charge in [-0.05, 0) is 81.6 Å². The van der Waals surface area contributed by atoms with Crippen molar-refractivity contribution in [1.29, 1.82) is 5.26 Å². The van der Waals surface area contributed by atoms with Gasteiger partial charge in [-0.1, -0.05) is 0 Å². The predicted octanol–water partition coefficient (Wildman–Crippen LogP) is 4.82. The molecule has 4 heterocycles. The molecule has 42 heavy (non-hydrogen) atoms. The lowest BCUT2D eigenvalue weighted by atomic mass is 9.86. The first kappa shape index (κ1) is 28.4. The zero-order chi connectivity index (χ0) is 30.2. The topological polar surface area (TPSA) is 147 Å². The van der Waals surface area contributed by atoms with Crippen molar-refractivity contribution in [2.24, 2.45) is 4.99 Å². The molecule has 0 radical (unpaired) electrons. The number of rotatable bonds is 5. The summed E-state index contributed by atoms with van der Waals surface area (Å²) in [6, 6.07) is 10.2. The second-order valence-electron chi connectivity index (χ2n) is 10.7. The lowest BCUT2D eigenvalue weighted by Crippen LogP contribution is -2.21.